The predicted octanol–water partition coefficient (Wildman–Crippen LogP) is 3.20. The van der Waals surface area contributed by atoms with Crippen LogP contribution in [0.15, 0.2) is 4.99 Å². The minimum absolute atomic E-state index is 0. The highest BCUT2D eigenvalue weighted by molar-refractivity contribution is 14.0. The molecule has 0 radical (unpaired) electrons. The molecule has 28 heavy (non-hydrogen) atoms. The second-order valence-electron chi connectivity index (χ2n) is 8.14. The topological polar surface area (TPSA) is 78.0 Å². The Morgan fingerprint density at radius 1 is 1.11 bits per heavy atom. The average Bonchev–Trinajstić information content (AvgIpc) is 2.60. The molecule has 166 valence electrons. The second kappa shape index (κ2) is 15.1. The van der Waals surface area contributed by atoms with Crippen molar-refractivity contribution in [3.8, 4) is 0 Å². The molecule has 1 aliphatic heterocycles. The Morgan fingerprint density at radius 3 is 2.36 bits per heavy atom. The zero-order valence-corrected chi connectivity index (χ0v) is 20.8. The van der Waals surface area contributed by atoms with E-state index in [9.17, 15) is 4.79 Å². The number of nitrogens with one attached hydrogen (secondary N) is 3. The molecule has 0 atom stereocenters. The number of hydrogen-bond acceptors (Lipinski definition) is 4. The molecule has 0 aromatic heterocycles. The van der Waals surface area contributed by atoms with E-state index in [2.05, 4.69) is 39.7 Å². The van der Waals surface area contributed by atoms with Crippen LogP contribution in [0, 0.1) is 5.92 Å². The number of piperidine rings is 1. The van der Waals surface area contributed by atoms with E-state index >= 15 is 0 Å². The van der Waals surface area contributed by atoms with Crippen LogP contribution in [0.1, 0.15) is 60.3 Å². The van der Waals surface area contributed by atoms with Gasteiger partial charge in [0.15, 0.2) is 5.96 Å². The van der Waals surface area contributed by atoms with Gasteiger partial charge in [0.2, 0.25) is 0 Å². The molecule has 7 nitrogen and oxygen atoms in total. The molecule has 0 bridgehead atoms. The summed E-state index contributed by atoms with van der Waals surface area (Å²) < 4.78 is 5.21. The van der Waals surface area contributed by atoms with E-state index in [-0.39, 0.29) is 30.1 Å². The average molecular weight is 511 g/mol. The van der Waals surface area contributed by atoms with Crippen molar-refractivity contribution in [3.05, 3.63) is 0 Å². The van der Waals surface area contributed by atoms with Gasteiger partial charge < -0.3 is 25.6 Å². The number of alkyl carbamates (subject to hydrolysis) is 1. The fourth-order valence-corrected chi connectivity index (χ4v) is 3.10. The van der Waals surface area contributed by atoms with Crippen molar-refractivity contribution in [1.82, 2.24) is 20.9 Å². The molecular weight excluding hydrogens is 469 g/mol. The van der Waals surface area contributed by atoms with Crippen LogP contribution >= 0.6 is 24.0 Å². The van der Waals surface area contributed by atoms with E-state index in [1.54, 1.807) is 0 Å². The molecule has 1 heterocycles. The zero-order chi connectivity index (χ0) is 20.1. The van der Waals surface area contributed by atoms with Crippen LogP contribution in [0.25, 0.3) is 0 Å². The number of hydrogen-bond donors (Lipinski definition) is 3. The third-order valence-corrected chi connectivity index (χ3v) is 4.62. The van der Waals surface area contributed by atoms with Gasteiger partial charge in [-0.1, -0.05) is 6.92 Å². The summed E-state index contributed by atoms with van der Waals surface area (Å²) in [4.78, 5) is 18.7. The summed E-state index contributed by atoms with van der Waals surface area (Å²) in [6.45, 7) is 16.6. The number of nitrogens with zero attached hydrogens (tertiary/aromatic N) is 2. The quantitative estimate of drug-likeness (QED) is 0.192. The monoisotopic (exact) mass is 511 g/mol. The highest BCUT2D eigenvalue weighted by Crippen LogP contribution is 2.19. The maximum Gasteiger partial charge on any atom is 0.407 e. The zero-order valence-electron chi connectivity index (χ0n) is 18.5. The van der Waals surface area contributed by atoms with Crippen molar-refractivity contribution in [3.63, 3.8) is 0 Å². The first kappa shape index (κ1) is 27.2. The molecule has 0 spiro atoms. The fraction of sp³-hybridized carbons (Fsp3) is 0.900. The summed E-state index contributed by atoms with van der Waals surface area (Å²) in [5.41, 5.74) is -0.461. The van der Waals surface area contributed by atoms with E-state index in [0.29, 0.717) is 13.1 Å². The maximum absolute atomic E-state index is 11.6. The third kappa shape index (κ3) is 13.4. The lowest BCUT2D eigenvalue weighted by Crippen LogP contribution is -2.39. The Labute approximate surface area is 188 Å². The van der Waals surface area contributed by atoms with Gasteiger partial charge in [0.05, 0.1) is 0 Å². The van der Waals surface area contributed by atoms with Gasteiger partial charge in [-0.15, -0.1) is 24.0 Å². The number of rotatable bonds is 9. The predicted molar refractivity (Wildman–Crippen MR) is 128 cm³/mol. The Kier molecular flexibility index (Phi) is 14.7. The van der Waals surface area contributed by atoms with Gasteiger partial charge in [0, 0.05) is 26.2 Å². The lowest BCUT2D eigenvalue weighted by molar-refractivity contribution is 0.0527. The third-order valence-electron chi connectivity index (χ3n) is 4.62. The van der Waals surface area contributed by atoms with Crippen LogP contribution in [0.3, 0.4) is 0 Å². The molecule has 0 aromatic rings. The van der Waals surface area contributed by atoms with Crippen LogP contribution in [-0.2, 0) is 4.74 Å². The normalized spacial score (nSPS) is 16.2. The summed E-state index contributed by atoms with van der Waals surface area (Å²) in [5.74, 6) is 1.68. The highest BCUT2D eigenvalue weighted by atomic mass is 127. The standard InChI is InChI=1S/C20H41N5O2.HI/c1-6-21-18(22-12-8-13-24-19(26)27-20(3,4)5)23-14-9-17-10-15-25(7-2)16-11-17;/h17H,6-16H2,1-5H3,(H,24,26)(H2,21,22,23);1H. The van der Waals surface area contributed by atoms with Gasteiger partial charge in [-0.25, -0.2) is 4.79 Å². The van der Waals surface area contributed by atoms with Gasteiger partial charge in [-0.2, -0.15) is 0 Å². The second-order valence-corrected chi connectivity index (χ2v) is 8.14. The summed E-state index contributed by atoms with van der Waals surface area (Å²) in [5, 5.41) is 9.49. The van der Waals surface area contributed by atoms with Crippen molar-refractivity contribution < 1.29 is 9.53 Å². The van der Waals surface area contributed by atoms with Gasteiger partial charge >= 0.3 is 6.09 Å². The number of likely N-dealkylation sites (tertiary alicyclic amines) is 1. The highest BCUT2D eigenvalue weighted by Gasteiger charge is 2.17. The van der Waals surface area contributed by atoms with Crippen molar-refractivity contribution in [1.29, 1.82) is 0 Å². The minimum Gasteiger partial charge on any atom is -0.444 e. The smallest absolute Gasteiger partial charge is 0.407 e. The Balaban J connectivity index is 0.00000729. The number of guanidine groups is 1. The minimum atomic E-state index is -0.461. The Bertz CT molecular complexity index is 446. The van der Waals surface area contributed by atoms with E-state index in [0.717, 1.165) is 31.4 Å². The van der Waals surface area contributed by atoms with Gasteiger partial charge in [0.1, 0.15) is 5.60 Å². The molecular formula is C20H42IN5O2. The largest absolute Gasteiger partial charge is 0.444 e. The van der Waals surface area contributed by atoms with Gasteiger partial charge in [-0.3, -0.25) is 4.99 Å². The van der Waals surface area contributed by atoms with Gasteiger partial charge in [-0.05, 0) is 78.9 Å². The molecule has 0 aliphatic carbocycles. The molecule has 0 unspecified atom stereocenters. The molecule has 8 heteroatoms. The van der Waals surface area contributed by atoms with E-state index < -0.39 is 5.60 Å². The number of aliphatic imine (C=N–C) groups is 1. The molecule has 1 fully saturated rings. The van der Waals surface area contributed by atoms with Crippen LogP contribution in [-0.4, -0.2) is 68.4 Å². The summed E-state index contributed by atoms with van der Waals surface area (Å²) in [7, 11) is 0. The summed E-state index contributed by atoms with van der Waals surface area (Å²) in [6.07, 6.45) is 4.22. The summed E-state index contributed by atoms with van der Waals surface area (Å²) in [6, 6.07) is 0. The van der Waals surface area contributed by atoms with Crippen molar-refractivity contribution in [2.75, 3.05) is 45.8 Å². The molecule has 1 saturated heterocycles. The van der Waals surface area contributed by atoms with Crippen molar-refractivity contribution >= 4 is 36.0 Å². The number of ether oxygens (including phenoxy) is 1. The number of amides is 1. The number of halogens is 1. The molecule has 3 N–H and O–H groups in total. The molecule has 1 aliphatic rings. The van der Waals surface area contributed by atoms with E-state index in [1.807, 2.05) is 20.8 Å². The van der Waals surface area contributed by atoms with Crippen LogP contribution in [0.5, 0.6) is 0 Å². The Morgan fingerprint density at radius 2 is 1.79 bits per heavy atom. The summed E-state index contributed by atoms with van der Waals surface area (Å²) >= 11 is 0. The lowest BCUT2D eigenvalue weighted by Gasteiger charge is -2.31. The number of carbonyl (C=O) groups excluding carboxylic acids is 1. The molecule has 1 rings (SSSR count). The molecule has 0 aromatic carbocycles. The molecule has 0 saturated carbocycles. The Hall–Kier alpha value is -0.770. The van der Waals surface area contributed by atoms with Gasteiger partial charge in [0.25, 0.3) is 0 Å². The maximum atomic E-state index is 11.6. The number of carbonyl (C=O) groups is 1. The van der Waals surface area contributed by atoms with Crippen LogP contribution in [0.2, 0.25) is 0 Å². The SMILES string of the molecule is CCNC(=NCCCNC(=O)OC(C)(C)C)NCCC1CCN(CC)CC1.I. The molecule has 1 amide bonds. The fourth-order valence-electron chi connectivity index (χ4n) is 3.10. The van der Waals surface area contributed by atoms with Crippen LogP contribution < -0.4 is 16.0 Å². The first-order chi connectivity index (χ1) is 12.8. The first-order valence-corrected chi connectivity index (χ1v) is 10.6. The van der Waals surface area contributed by atoms with E-state index in [1.165, 1.54) is 38.9 Å². The van der Waals surface area contributed by atoms with E-state index in [4.69, 9.17) is 4.74 Å². The van der Waals surface area contributed by atoms with Crippen molar-refractivity contribution in [2.24, 2.45) is 10.9 Å². The van der Waals surface area contributed by atoms with Crippen LogP contribution in [0.4, 0.5) is 4.79 Å². The lowest BCUT2D eigenvalue weighted by atomic mass is 9.93. The first-order valence-electron chi connectivity index (χ1n) is 10.6. The van der Waals surface area contributed by atoms with Crippen molar-refractivity contribution in [2.45, 2.75) is 65.9 Å².